The van der Waals surface area contributed by atoms with Crippen LogP contribution in [0.4, 0.5) is 0 Å². The van der Waals surface area contributed by atoms with Crippen LogP contribution in [-0.2, 0) is 4.79 Å². The number of benzene rings is 1. The maximum atomic E-state index is 11.5. The number of thioether (sulfide) groups is 1. The molecule has 0 saturated heterocycles. The molecule has 1 amide bonds. The third-order valence-corrected chi connectivity index (χ3v) is 3.77. The minimum Gasteiger partial charge on any atom is -0.482 e. The Bertz CT molecular complexity index is 427. The number of hydrogen-bond donors (Lipinski definition) is 1. The molecule has 0 aromatic heterocycles. The summed E-state index contributed by atoms with van der Waals surface area (Å²) in [6.45, 7) is 4.84. The first kappa shape index (κ1) is 16.5. The zero-order valence-electron chi connectivity index (χ0n) is 10.9. The summed E-state index contributed by atoms with van der Waals surface area (Å²) in [7, 11) is 0. The maximum absolute atomic E-state index is 11.5. The Morgan fingerprint density at radius 2 is 2.16 bits per heavy atom. The van der Waals surface area contributed by atoms with E-state index in [9.17, 15) is 4.79 Å². The first-order valence-electron chi connectivity index (χ1n) is 5.95. The Morgan fingerprint density at radius 3 is 2.79 bits per heavy atom. The molecule has 0 spiro atoms. The molecule has 0 aliphatic rings. The van der Waals surface area contributed by atoms with Gasteiger partial charge in [-0.1, -0.05) is 37.0 Å². The van der Waals surface area contributed by atoms with Gasteiger partial charge in [-0.3, -0.25) is 4.79 Å². The number of nitrogens with one attached hydrogen (secondary N) is 1. The predicted molar refractivity (Wildman–Crippen MR) is 82.6 cm³/mol. The normalized spacial score (nSPS) is 10.6. The summed E-state index contributed by atoms with van der Waals surface area (Å²) < 4.78 is 5.32. The molecule has 0 aliphatic carbocycles. The lowest BCUT2D eigenvalue weighted by molar-refractivity contribution is -0.122. The number of amides is 1. The van der Waals surface area contributed by atoms with Gasteiger partial charge in [0.2, 0.25) is 0 Å². The highest BCUT2D eigenvalue weighted by Crippen LogP contribution is 2.27. The zero-order chi connectivity index (χ0) is 14.3. The third kappa shape index (κ3) is 6.95. The second-order valence-corrected chi connectivity index (χ2v) is 6.66. The summed E-state index contributed by atoms with van der Waals surface area (Å²) in [5.74, 6) is 1.19. The van der Waals surface area contributed by atoms with Crippen molar-refractivity contribution in [1.82, 2.24) is 5.32 Å². The summed E-state index contributed by atoms with van der Waals surface area (Å²) in [6.07, 6.45) is 0. The van der Waals surface area contributed by atoms with Crippen LogP contribution in [0.5, 0.6) is 5.75 Å². The van der Waals surface area contributed by atoms with Crippen molar-refractivity contribution in [2.75, 3.05) is 18.9 Å². The average Bonchev–Trinajstić information content (AvgIpc) is 2.33. The van der Waals surface area contributed by atoms with Crippen molar-refractivity contribution in [3.05, 3.63) is 28.2 Å². The van der Waals surface area contributed by atoms with Crippen LogP contribution in [0, 0.1) is 0 Å². The summed E-state index contributed by atoms with van der Waals surface area (Å²) in [6, 6.07) is 4.89. The van der Waals surface area contributed by atoms with Gasteiger partial charge < -0.3 is 10.1 Å². The van der Waals surface area contributed by atoms with Crippen molar-refractivity contribution in [1.29, 1.82) is 0 Å². The van der Waals surface area contributed by atoms with E-state index in [1.54, 1.807) is 30.0 Å². The second kappa shape index (κ2) is 8.56. The molecule has 1 aromatic rings. The van der Waals surface area contributed by atoms with E-state index in [2.05, 4.69) is 19.2 Å². The van der Waals surface area contributed by atoms with Crippen molar-refractivity contribution in [3.8, 4) is 5.75 Å². The quantitative estimate of drug-likeness (QED) is 0.779. The zero-order valence-corrected chi connectivity index (χ0v) is 13.2. The third-order valence-electron chi connectivity index (χ3n) is 2.13. The summed E-state index contributed by atoms with van der Waals surface area (Å²) >= 11 is 13.5. The molecular formula is C13H17Cl2NO2S. The largest absolute Gasteiger partial charge is 0.482 e. The van der Waals surface area contributed by atoms with Gasteiger partial charge in [0.05, 0.1) is 5.02 Å². The molecule has 1 aromatic carbocycles. The smallest absolute Gasteiger partial charge is 0.257 e. The summed E-state index contributed by atoms with van der Waals surface area (Å²) in [5.41, 5.74) is 0. The van der Waals surface area contributed by atoms with E-state index in [0.717, 1.165) is 5.75 Å². The maximum Gasteiger partial charge on any atom is 0.257 e. The molecule has 0 atom stereocenters. The molecule has 1 rings (SSSR count). The van der Waals surface area contributed by atoms with E-state index in [1.165, 1.54) is 0 Å². The fourth-order valence-corrected chi connectivity index (χ4v) is 2.43. The van der Waals surface area contributed by atoms with E-state index >= 15 is 0 Å². The molecule has 0 aliphatic heterocycles. The van der Waals surface area contributed by atoms with Crippen LogP contribution in [-0.4, -0.2) is 30.1 Å². The monoisotopic (exact) mass is 321 g/mol. The Hall–Kier alpha value is -0.580. The lowest BCUT2D eigenvalue weighted by Crippen LogP contribution is -2.30. The number of hydrogen-bond acceptors (Lipinski definition) is 3. The second-order valence-electron chi connectivity index (χ2n) is 4.13. The highest BCUT2D eigenvalue weighted by atomic mass is 35.5. The van der Waals surface area contributed by atoms with Crippen molar-refractivity contribution in [2.24, 2.45) is 0 Å². The van der Waals surface area contributed by atoms with Crippen molar-refractivity contribution in [3.63, 3.8) is 0 Å². The first-order chi connectivity index (χ1) is 8.99. The van der Waals surface area contributed by atoms with Crippen LogP contribution in [0.1, 0.15) is 13.8 Å². The minimum absolute atomic E-state index is 0.0479. The summed E-state index contributed by atoms with van der Waals surface area (Å²) in [5, 5.41) is 4.29. The van der Waals surface area contributed by atoms with Gasteiger partial charge in [0.15, 0.2) is 6.61 Å². The first-order valence-corrected chi connectivity index (χ1v) is 7.75. The molecule has 106 valence electrons. The molecule has 3 nitrogen and oxygen atoms in total. The molecule has 19 heavy (non-hydrogen) atoms. The van der Waals surface area contributed by atoms with E-state index in [-0.39, 0.29) is 12.5 Å². The molecule has 0 bridgehead atoms. The molecular weight excluding hydrogens is 305 g/mol. The van der Waals surface area contributed by atoms with Crippen LogP contribution in [0.2, 0.25) is 10.0 Å². The topological polar surface area (TPSA) is 38.3 Å². The van der Waals surface area contributed by atoms with E-state index in [4.69, 9.17) is 27.9 Å². The minimum atomic E-state index is -0.157. The van der Waals surface area contributed by atoms with Gasteiger partial charge >= 0.3 is 0 Å². The highest BCUT2D eigenvalue weighted by molar-refractivity contribution is 7.99. The molecule has 0 radical (unpaired) electrons. The number of ether oxygens (including phenoxy) is 1. The number of rotatable bonds is 7. The van der Waals surface area contributed by atoms with Gasteiger partial charge in [-0.25, -0.2) is 0 Å². The van der Waals surface area contributed by atoms with Gasteiger partial charge in [0.25, 0.3) is 5.91 Å². The van der Waals surface area contributed by atoms with Crippen LogP contribution >= 0.6 is 35.0 Å². The Balaban J connectivity index is 2.26. The lowest BCUT2D eigenvalue weighted by Gasteiger charge is -2.09. The highest BCUT2D eigenvalue weighted by Gasteiger charge is 2.06. The van der Waals surface area contributed by atoms with Crippen molar-refractivity contribution in [2.45, 2.75) is 19.1 Å². The molecule has 0 saturated carbocycles. The molecule has 1 N–H and O–H groups in total. The van der Waals surface area contributed by atoms with E-state index < -0.39 is 0 Å². The predicted octanol–water partition coefficient (Wildman–Crippen LogP) is 3.63. The number of carbonyl (C=O) groups excluding carboxylic acids is 1. The van der Waals surface area contributed by atoms with Crippen LogP contribution in [0.25, 0.3) is 0 Å². The van der Waals surface area contributed by atoms with Gasteiger partial charge in [0, 0.05) is 17.3 Å². The van der Waals surface area contributed by atoms with E-state index in [1.807, 2.05) is 0 Å². The van der Waals surface area contributed by atoms with Gasteiger partial charge in [-0.2, -0.15) is 11.8 Å². The van der Waals surface area contributed by atoms with E-state index in [0.29, 0.717) is 27.6 Å². The number of halogens is 2. The van der Waals surface area contributed by atoms with Crippen molar-refractivity contribution >= 4 is 40.9 Å². The fraction of sp³-hybridized carbons (Fsp3) is 0.462. The Morgan fingerprint density at radius 1 is 1.42 bits per heavy atom. The van der Waals surface area contributed by atoms with Crippen LogP contribution in [0.15, 0.2) is 18.2 Å². The van der Waals surface area contributed by atoms with Gasteiger partial charge in [-0.05, 0) is 23.4 Å². The Labute approximate surface area is 128 Å². The molecule has 6 heteroatoms. The Kier molecular flexibility index (Phi) is 7.42. The van der Waals surface area contributed by atoms with Crippen molar-refractivity contribution < 1.29 is 9.53 Å². The molecule has 0 heterocycles. The van der Waals surface area contributed by atoms with Crippen LogP contribution < -0.4 is 10.1 Å². The summed E-state index contributed by atoms with van der Waals surface area (Å²) in [4.78, 5) is 11.5. The standard InChI is InChI=1S/C13H17Cl2NO2S/c1-9(2)19-6-5-16-13(17)8-18-12-4-3-10(14)7-11(12)15/h3-4,7,9H,5-6,8H2,1-2H3,(H,16,17). The average molecular weight is 322 g/mol. The van der Waals surface area contributed by atoms with Gasteiger partial charge in [0.1, 0.15) is 5.75 Å². The molecule has 0 unspecified atom stereocenters. The van der Waals surface area contributed by atoms with Gasteiger partial charge in [-0.15, -0.1) is 0 Å². The van der Waals surface area contributed by atoms with Crippen LogP contribution in [0.3, 0.4) is 0 Å². The lowest BCUT2D eigenvalue weighted by atomic mass is 10.3. The molecule has 0 fully saturated rings. The fourth-order valence-electron chi connectivity index (χ4n) is 1.27. The number of carbonyl (C=O) groups is 1. The SMILES string of the molecule is CC(C)SCCNC(=O)COc1ccc(Cl)cc1Cl.